The Morgan fingerprint density at radius 1 is 1.19 bits per heavy atom. The van der Waals surface area contributed by atoms with Crippen molar-refractivity contribution in [2.75, 3.05) is 26.0 Å². The molecule has 0 N–H and O–H groups in total. The number of hydrogen-bond acceptors (Lipinski definition) is 6. The van der Waals surface area contributed by atoms with Gasteiger partial charge in [-0.1, -0.05) is 23.5 Å². The number of furan rings is 1. The third kappa shape index (κ3) is 2.74. The number of carbonyl (C=O) groups excluding carboxylic acids is 1. The molecule has 132 valence electrons. The van der Waals surface area contributed by atoms with E-state index in [1.807, 2.05) is 42.3 Å². The molecule has 0 aliphatic rings. The Kier molecular flexibility index (Phi) is 3.96. The molecule has 1 aromatic carbocycles. The standard InChI is InChI=1S/C18H17N5O2S/c1-21(2)16(24)13-7-4-6-12(10-13)14-11-19-17-23(14)20-18(26-17)22(3)15-8-5-9-25-15/h4-11H,1-3H3. The van der Waals surface area contributed by atoms with Gasteiger partial charge in [0.25, 0.3) is 5.91 Å². The Labute approximate surface area is 154 Å². The largest absolute Gasteiger partial charge is 0.448 e. The highest BCUT2D eigenvalue weighted by molar-refractivity contribution is 7.20. The minimum absolute atomic E-state index is 0.0378. The van der Waals surface area contributed by atoms with E-state index >= 15 is 0 Å². The highest BCUT2D eigenvalue weighted by Gasteiger charge is 2.17. The third-order valence-electron chi connectivity index (χ3n) is 4.01. The van der Waals surface area contributed by atoms with Crippen LogP contribution in [0.4, 0.5) is 11.0 Å². The van der Waals surface area contributed by atoms with Crippen molar-refractivity contribution in [2.45, 2.75) is 0 Å². The fourth-order valence-electron chi connectivity index (χ4n) is 2.64. The maximum atomic E-state index is 12.2. The summed E-state index contributed by atoms with van der Waals surface area (Å²) in [5, 5.41) is 5.43. The molecule has 3 aromatic heterocycles. The van der Waals surface area contributed by atoms with Crippen LogP contribution in [0.1, 0.15) is 10.4 Å². The number of amides is 1. The zero-order valence-electron chi connectivity index (χ0n) is 14.6. The highest BCUT2D eigenvalue weighted by atomic mass is 32.1. The second-order valence-corrected chi connectivity index (χ2v) is 6.95. The van der Waals surface area contributed by atoms with E-state index in [0.29, 0.717) is 11.4 Å². The van der Waals surface area contributed by atoms with Gasteiger partial charge >= 0.3 is 0 Å². The minimum Gasteiger partial charge on any atom is -0.448 e. The zero-order chi connectivity index (χ0) is 18.3. The average Bonchev–Trinajstić information content (AvgIpc) is 3.36. The predicted molar refractivity (Wildman–Crippen MR) is 101 cm³/mol. The monoisotopic (exact) mass is 367 g/mol. The van der Waals surface area contributed by atoms with Gasteiger partial charge in [-0.25, -0.2) is 9.50 Å². The third-order valence-corrected chi connectivity index (χ3v) is 5.01. The summed E-state index contributed by atoms with van der Waals surface area (Å²) < 4.78 is 7.21. The summed E-state index contributed by atoms with van der Waals surface area (Å²) in [6, 6.07) is 11.2. The highest BCUT2D eigenvalue weighted by Crippen LogP contribution is 2.31. The second-order valence-electron chi connectivity index (χ2n) is 6.01. The molecule has 4 rings (SSSR count). The molecule has 4 aromatic rings. The Bertz CT molecular complexity index is 1060. The lowest BCUT2D eigenvalue weighted by molar-refractivity contribution is 0.0827. The fraction of sp³-hybridized carbons (Fsp3) is 0.167. The quantitative estimate of drug-likeness (QED) is 0.552. The van der Waals surface area contributed by atoms with E-state index in [1.165, 1.54) is 11.3 Å². The van der Waals surface area contributed by atoms with Crippen LogP contribution in [0.25, 0.3) is 16.2 Å². The summed E-state index contributed by atoms with van der Waals surface area (Å²) in [5.41, 5.74) is 2.36. The van der Waals surface area contributed by atoms with Gasteiger partial charge in [-0.05, 0) is 18.2 Å². The molecule has 0 aliphatic heterocycles. The molecule has 0 fully saturated rings. The maximum absolute atomic E-state index is 12.2. The molecule has 0 unspecified atom stereocenters. The lowest BCUT2D eigenvalue weighted by Gasteiger charge is -2.11. The summed E-state index contributed by atoms with van der Waals surface area (Å²) in [5.74, 6) is 0.672. The number of fused-ring (bicyclic) bond motifs is 1. The van der Waals surface area contributed by atoms with E-state index in [4.69, 9.17) is 4.42 Å². The van der Waals surface area contributed by atoms with Crippen molar-refractivity contribution in [3.63, 3.8) is 0 Å². The number of benzene rings is 1. The second kappa shape index (κ2) is 6.30. The zero-order valence-corrected chi connectivity index (χ0v) is 15.4. The number of aromatic nitrogens is 3. The number of imidazole rings is 1. The Balaban J connectivity index is 1.74. The molecule has 1 amide bonds. The van der Waals surface area contributed by atoms with Crippen LogP contribution in [0.2, 0.25) is 0 Å². The van der Waals surface area contributed by atoms with Crippen molar-refractivity contribution in [2.24, 2.45) is 0 Å². The van der Waals surface area contributed by atoms with E-state index < -0.39 is 0 Å². The van der Waals surface area contributed by atoms with Gasteiger partial charge in [0, 0.05) is 38.3 Å². The molecule has 0 radical (unpaired) electrons. The number of carbonyl (C=O) groups is 1. The Morgan fingerprint density at radius 2 is 2.04 bits per heavy atom. The summed E-state index contributed by atoms with van der Waals surface area (Å²) in [6.07, 6.45) is 3.40. The molecule has 26 heavy (non-hydrogen) atoms. The first kappa shape index (κ1) is 16.3. The number of hydrogen-bond donors (Lipinski definition) is 0. The van der Waals surface area contributed by atoms with E-state index in [2.05, 4.69) is 10.1 Å². The smallest absolute Gasteiger partial charge is 0.253 e. The van der Waals surface area contributed by atoms with Crippen LogP contribution in [0.5, 0.6) is 0 Å². The molecule has 0 saturated carbocycles. The molecule has 7 nitrogen and oxygen atoms in total. The van der Waals surface area contributed by atoms with Gasteiger partial charge in [0.05, 0.1) is 18.2 Å². The van der Waals surface area contributed by atoms with Crippen LogP contribution in [-0.2, 0) is 0 Å². The first-order valence-corrected chi connectivity index (χ1v) is 8.80. The predicted octanol–water partition coefficient (Wildman–Crippen LogP) is 3.52. The minimum atomic E-state index is -0.0378. The van der Waals surface area contributed by atoms with Crippen molar-refractivity contribution in [1.82, 2.24) is 19.5 Å². The topological polar surface area (TPSA) is 66.9 Å². The van der Waals surface area contributed by atoms with Crippen molar-refractivity contribution >= 4 is 33.2 Å². The van der Waals surface area contributed by atoms with Crippen LogP contribution in [0.3, 0.4) is 0 Å². The molecular formula is C18H17N5O2S. The van der Waals surface area contributed by atoms with Crippen molar-refractivity contribution in [3.05, 3.63) is 54.4 Å². The number of anilines is 2. The molecule has 0 spiro atoms. The van der Waals surface area contributed by atoms with Crippen LogP contribution < -0.4 is 4.90 Å². The van der Waals surface area contributed by atoms with Gasteiger partial charge in [-0.2, -0.15) is 0 Å². The van der Waals surface area contributed by atoms with Crippen LogP contribution >= 0.6 is 11.3 Å². The number of nitrogens with zero attached hydrogens (tertiary/aromatic N) is 5. The Morgan fingerprint density at radius 3 is 2.77 bits per heavy atom. The van der Waals surface area contributed by atoms with E-state index in [9.17, 15) is 4.79 Å². The van der Waals surface area contributed by atoms with Crippen LogP contribution in [0.15, 0.2) is 53.3 Å². The molecule has 8 heteroatoms. The summed E-state index contributed by atoms with van der Waals surface area (Å²) in [7, 11) is 5.37. The molecule has 0 bridgehead atoms. The molecule has 0 atom stereocenters. The SMILES string of the molecule is CN(C)C(=O)c1cccc(-c2cnc3sc(N(C)c4ccco4)nn23)c1. The van der Waals surface area contributed by atoms with Gasteiger partial charge in [0.15, 0.2) is 0 Å². The van der Waals surface area contributed by atoms with Crippen LogP contribution in [0, 0.1) is 0 Å². The molecule has 0 aliphatic carbocycles. The van der Waals surface area contributed by atoms with Gasteiger partial charge in [0.1, 0.15) is 0 Å². The van der Waals surface area contributed by atoms with E-state index in [1.54, 1.807) is 42.0 Å². The first-order chi connectivity index (χ1) is 12.5. The van der Waals surface area contributed by atoms with E-state index in [-0.39, 0.29) is 5.91 Å². The first-order valence-electron chi connectivity index (χ1n) is 7.98. The number of rotatable bonds is 4. The summed E-state index contributed by atoms with van der Waals surface area (Å²) in [4.78, 5) is 20.9. The lowest BCUT2D eigenvalue weighted by atomic mass is 10.1. The molecule has 3 heterocycles. The van der Waals surface area contributed by atoms with Crippen molar-refractivity contribution < 1.29 is 9.21 Å². The Hall–Kier alpha value is -3.13. The van der Waals surface area contributed by atoms with Crippen molar-refractivity contribution in [1.29, 1.82) is 0 Å². The van der Waals surface area contributed by atoms with Gasteiger partial charge in [0.2, 0.25) is 16.0 Å². The average molecular weight is 367 g/mol. The van der Waals surface area contributed by atoms with Gasteiger partial charge in [-0.15, -0.1) is 5.10 Å². The summed E-state index contributed by atoms with van der Waals surface area (Å²) >= 11 is 1.47. The van der Waals surface area contributed by atoms with Gasteiger partial charge < -0.3 is 9.32 Å². The lowest BCUT2D eigenvalue weighted by Crippen LogP contribution is -2.21. The van der Waals surface area contributed by atoms with Crippen molar-refractivity contribution in [3.8, 4) is 11.3 Å². The fourth-order valence-corrected chi connectivity index (χ4v) is 3.48. The normalized spacial score (nSPS) is 11.0. The molecule has 0 saturated heterocycles. The maximum Gasteiger partial charge on any atom is 0.253 e. The summed E-state index contributed by atoms with van der Waals surface area (Å²) in [6.45, 7) is 0. The van der Waals surface area contributed by atoms with Gasteiger partial charge in [-0.3, -0.25) is 9.69 Å². The molecular weight excluding hydrogens is 350 g/mol. The van der Waals surface area contributed by atoms with Crippen LogP contribution in [-0.4, -0.2) is 46.5 Å². The van der Waals surface area contributed by atoms with E-state index in [0.717, 1.165) is 21.3 Å².